The van der Waals surface area contributed by atoms with Crippen molar-refractivity contribution in [3.8, 4) is 12.3 Å². The highest BCUT2D eigenvalue weighted by Gasteiger charge is 1.86. The van der Waals surface area contributed by atoms with E-state index >= 15 is 0 Å². The first-order valence-corrected chi connectivity index (χ1v) is 3.42. The van der Waals surface area contributed by atoms with Crippen molar-refractivity contribution in [2.45, 2.75) is 35.6 Å². The van der Waals surface area contributed by atoms with Gasteiger partial charge < -0.3 is 0 Å². The second kappa shape index (κ2) is 8.87. The Morgan fingerprint density at radius 3 is 1.85 bits per heavy atom. The van der Waals surface area contributed by atoms with Gasteiger partial charge in [-0.25, -0.2) is 0 Å². The Bertz CT molecular complexity index is 236. The molecule has 0 saturated heterocycles. The van der Waals surface area contributed by atoms with Gasteiger partial charge in [0.25, 0.3) is 0 Å². The highest BCUT2D eigenvalue weighted by molar-refractivity contribution is 5.34. The number of rotatable bonds is 1. The largest absolute Gasteiger partial charge is 0.115 e. The molecule has 0 nitrogen and oxygen atoms in total. The van der Waals surface area contributed by atoms with Crippen molar-refractivity contribution in [1.82, 2.24) is 0 Å². The maximum Gasteiger partial charge on any atom is 0.0242 e. The van der Waals surface area contributed by atoms with E-state index in [4.69, 9.17) is 6.42 Å². The summed E-state index contributed by atoms with van der Waals surface area (Å²) in [6.07, 6.45) is 6.27. The highest BCUT2D eigenvalue weighted by atomic mass is 13.9. The first-order chi connectivity index (χ1) is 4.86. The lowest BCUT2D eigenvalue weighted by Crippen LogP contribution is -1.78. The zero-order chi connectivity index (χ0) is 7.40. The normalized spacial score (nSPS) is 6.77. The Morgan fingerprint density at radius 2 is 1.54 bits per heavy atom. The van der Waals surface area contributed by atoms with Crippen molar-refractivity contribution < 1.29 is 0 Å². The molecule has 0 amide bonds. The lowest BCUT2D eigenvalue weighted by atomic mass is 10.1. The van der Waals surface area contributed by atoms with Crippen LogP contribution in [0.1, 0.15) is 40.3 Å². The van der Waals surface area contributed by atoms with Gasteiger partial charge in [-0.05, 0) is 24.1 Å². The molecular weight excluding hydrogens is 156 g/mol. The Labute approximate surface area is 84.0 Å². The van der Waals surface area contributed by atoms with E-state index in [9.17, 15) is 0 Å². The third-order valence-electron chi connectivity index (χ3n) is 1.53. The van der Waals surface area contributed by atoms with Crippen molar-refractivity contribution in [1.29, 1.82) is 0 Å². The van der Waals surface area contributed by atoms with Crippen molar-refractivity contribution in [3.63, 3.8) is 0 Å². The summed E-state index contributed by atoms with van der Waals surface area (Å²) in [6.45, 7) is 2.13. The third kappa shape index (κ3) is 5.09. The molecule has 0 bridgehead atoms. The van der Waals surface area contributed by atoms with Crippen LogP contribution in [0.2, 0.25) is 0 Å². The van der Waals surface area contributed by atoms with Gasteiger partial charge >= 0.3 is 0 Å². The zero-order valence-electron chi connectivity index (χ0n) is 6.09. The molecule has 0 radical (unpaired) electrons. The molecule has 74 valence electrons. The maximum absolute atomic E-state index is 5.19. The molecule has 0 atom stereocenters. The van der Waals surface area contributed by atoms with Crippen molar-refractivity contribution in [2.24, 2.45) is 0 Å². The molecule has 1 rings (SSSR count). The second-order valence-electron chi connectivity index (χ2n) is 2.19. The van der Waals surface area contributed by atoms with Crippen LogP contribution in [0, 0.1) is 12.3 Å². The monoisotopic (exact) mass is 178 g/mol. The molecule has 0 fully saturated rings. The average molecular weight is 178 g/mol. The topological polar surface area (TPSA) is 0 Å². The van der Waals surface area contributed by atoms with Gasteiger partial charge in [0.05, 0.1) is 0 Å². The Balaban J connectivity index is -0.000000333. The van der Waals surface area contributed by atoms with E-state index in [2.05, 4.69) is 25.0 Å². The molecule has 0 aliphatic heterocycles. The summed E-state index contributed by atoms with van der Waals surface area (Å²) in [7, 11) is 0. The van der Waals surface area contributed by atoms with Crippen molar-refractivity contribution >= 4 is 0 Å². The van der Waals surface area contributed by atoms with Crippen LogP contribution in [0.25, 0.3) is 0 Å². The van der Waals surface area contributed by atoms with Crippen LogP contribution >= 0.6 is 0 Å². The molecule has 0 N–H and O–H groups in total. The number of aryl methyl sites for hydroxylation is 1. The Kier molecular flexibility index (Phi) is 12.1. The van der Waals surface area contributed by atoms with Crippen molar-refractivity contribution in [3.05, 3.63) is 35.4 Å². The number of terminal acetylenes is 1. The molecule has 0 spiro atoms. The second-order valence-corrected chi connectivity index (χ2v) is 2.19. The molecule has 0 heteroatoms. The quantitative estimate of drug-likeness (QED) is 0.567. The molecular formula is C13H22. The minimum Gasteiger partial charge on any atom is -0.115 e. The van der Waals surface area contributed by atoms with Crippen molar-refractivity contribution in [2.75, 3.05) is 0 Å². The van der Waals surface area contributed by atoms with Gasteiger partial charge in [0.1, 0.15) is 0 Å². The summed E-state index contributed by atoms with van der Waals surface area (Å²) in [6, 6.07) is 8.07. The first kappa shape index (κ1) is 17.8. The molecule has 0 aromatic heterocycles. The van der Waals surface area contributed by atoms with Crippen LogP contribution < -0.4 is 0 Å². The number of hydrogen-bond donors (Lipinski definition) is 0. The van der Waals surface area contributed by atoms with Gasteiger partial charge in [-0.1, -0.05) is 47.3 Å². The lowest BCUT2D eigenvalue weighted by molar-refractivity contribution is 1.14. The zero-order valence-corrected chi connectivity index (χ0v) is 6.09. The minimum absolute atomic E-state index is 0. The molecule has 0 saturated carbocycles. The first-order valence-electron chi connectivity index (χ1n) is 3.42. The minimum atomic E-state index is 0. The van der Waals surface area contributed by atoms with E-state index in [-0.39, 0.29) is 22.3 Å². The van der Waals surface area contributed by atoms with Crippen LogP contribution in [-0.2, 0) is 6.42 Å². The standard InChI is InChI=1S/C10H10.3CH4/c1-3-9-5-7-10(4-2)8-6-9;;;/h1,5-8H,4H2,2H3;3*1H4. The van der Waals surface area contributed by atoms with Gasteiger partial charge in [0.15, 0.2) is 0 Å². The smallest absolute Gasteiger partial charge is 0.0242 e. The Morgan fingerprint density at radius 1 is 1.08 bits per heavy atom. The predicted molar refractivity (Wildman–Crippen MR) is 63.9 cm³/mol. The molecule has 1 aromatic carbocycles. The summed E-state index contributed by atoms with van der Waals surface area (Å²) in [5.74, 6) is 2.58. The van der Waals surface area contributed by atoms with E-state index in [0.717, 1.165) is 12.0 Å². The van der Waals surface area contributed by atoms with E-state index in [1.165, 1.54) is 5.56 Å². The summed E-state index contributed by atoms with van der Waals surface area (Å²) >= 11 is 0. The summed E-state index contributed by atoms with van der Waals surface area (Å²) < 4.78 is 0. The Hall–Kier alpha value is -1.22. The fourth-order valence-electron chi connectivity index (χ4n) is 0.837. The van der Waals surface area contributed by atoms with Gasteiger partial charge in [0.2, 0.25) is 0 Å². The number of benzene rings is 1. The average Bonchev–Trinajstić information content (AvgIpc) is 2.05. The molecule has 1 aromatic rings. The molecule has 0 unspecified atom stereocenters. The van der Waals surface area contributed by atoms with Crippen LogP contribution in [-0.4, -0.2) is 0 Å². The lowest BCUT2D eigenvalue weighted by Gasteiger charge is -1.94. The molecule has 0 aliphatic carbocycles. The van der Waals surface area contributed by atoms with Gasteiger partial charge in [0, 0.05) is 5.56 Å². The van der Waals surface area contributed by atoms with E-state index < -0.39 is 0 Å². The van der Waals surface area contributed by atoms with E-state index in [0.29, 0.717) is 0 Å². The van der Waals surface area contributed by atoms with Crippen LogP contribution in [0.5, 0.6) is 0 Å². The van der Waals surface area contributed by atoms with Gasteiger partial charge in [-0.2, -0.15) is 0 Å². The molecule has 0 heterocycles. The summed E-state index contributed by atoms with van der Waals surface area (Å²) in [5.41, 5.74) is 2.29. The summed E-state index contributed by atoms with van der Waals surface area (Å²) in [4.78, 5) is 0. The van der Waals surface area contributed by atoms with Crippen LogP contribution in [0.15, 0.2) is 24.3 Å². The predicted octanol–water partition coefficient (Wildman–Crippen LogP) is 4.14. The van der Waals surface area contributed by atoms with Gasteiger partial charge in [-0.3, -0.25) is 0 Å². The maximum atomic E-state index is 5.19. The van der Waals surface area contributed by atoms with Crippen LogP contribution in [0.3, 0.4) is 0 Å². The molecule has 13 heavy (non-hydrogen) atoms. The summed E-state index contributed by atoms with van der Waals surface area (Å²) in [5, 5.41) is 0. The number of hydrogen-bond acceptors (Lipinski definition) is 0. The van der Waals surface area contributed by atoms with E-state index in [1.807, 2.05) is 12.1 Å². The highest BCUT2D eigenvalue weighted by Crippen LogP contribution is 2.02. The van der Waals surface area contributed by atoms with Gasteiger partial charge in [-0.15, -0.1) is 6.42 Å². The third-order valence-corrected chi connectivity index (χ3v) is 1.53. The SMILES string of the molecule is C.C.C.C#Cc1ccc(CC)cc1. The molecule has 0 aliphatic rings. The van der Waals surface area contributed by atoms with E-state index in [1.54, 1.807) is 0 Å². The fourth-order valence-corrected chi connectivity index (χ4v) is 0.837. The fraction of sp³-hybridized carbons (Fsp3) is 0.385. The van der Waals surface area contributed by atoms with Crippen LogP contribution in [0.4, 0.5) is 0 Å².